The van der Waals surface area contributed by atoms with E-state index in [1.807, 2.05) is 0 Å². The van der Waals surface area contributed by atoms with Gasteiger partial charge in [0.2, 0.25) is 0 Å². The number of nitrogens with zero attached hydrogens (tertiary/aromatic N) is 2. The first-order chi connectivity index (χ1) is 9.08. The van der Waals surface area contributed by atoms with Gasteiger partial charge in [-0.05, 0) is 31.9 Å². The van der Waals surface area contributed by atoms with Gasteiger partial charge in [0.1, 0.15) is 11.6 Å². The van der Waals surface area contributed by atoms with E-state index in [1.54, 1.807) is 6.92 Å². The van der Waals surface area contributed by atoms with E-state index >= 15 is 0 Å². The van der Waals surface area contributed by atoms with E-state index in [-0.39, 0.29) is 5.56 Å². The Bertz CT molecular complexity index is 651. The van der Waals surface area contributed by atoms with Crippen molar-refractivity contribution in [3.8, 4) is 11.3 Å². The summed E-state index contributed by atoms with van der Waals surface area (Å²) in [5.41, 5.74) is 6.94. The molecule has 0 saturated heterocycles. The second-order valence-corrected chi connectivity index (χ2v) is 4.82. The van der Waals surface area contributed by atoms with Gasteiger partial charge in [0.15, 0.2) is 11.6 Å². The average molecular weight is 261 g/mol. The van der Waals surface area contributed by atoms with Crippen LogP contribution < -0.4 is 5.73 Å². The lowest BCUT2D eigenvalue weighted by molar-refractivity contribution is 0.511. The molecule has 3 rings (SSSR count). The largest absolute Gasteiger partial charge is 0.383 e. The minimum atomic E-state index is -0.898. The van der Waals surface area contributed by atoms with E-state index < -0.39 is 11.6 Å². The summed E-state index contributed by atoms with van der Waals surface area (Å²) in [4.78, 5) is 8.59. The summed E-state index contributed by atoms with van der Waals surface area (Å²) in [5.74, 6) is -0.525. The summed E-state index contributed by atoms with van der Waals surface area (Å²) in [6.07, 6.45) is 2.04. The van der Waals surface area contributed by atoms with Gasteiger partial charge >= 0.3 is 0 Å². The highest BCUT2D eigenvalue weighted by Crippen LogP contribution is 2.40. The fourth-order valence-corrected chi connectivity index (χ4v) is 2.02. The molecule has 1 saturated carbocycles. The summed E-state index contributed by atoms with van der Waals surface area (Å²) in [5, 5.41) is 0. The smallest absolute Gasteiger partial charge is 0.168 e. The molecule has 5 heteroatoms. The van der Waals surface area contributed by atoms with Crippen molar-refractivity contribution in [2.75, 3.05) is 5.73 Å². The molecule has 1 aliphatic carbocycles. The van der Waals surface area contributed by atoms with Crippen LogP contribution in [0.3, 0.4) is 0 Å². The molecule has 0 bridgehead atoms. The summed E-state index contributed by atoms with van der Waals surface area (Å²) in [6, 6.07) is 4.05. The first-order valence-electron chi connectivity index (χ1n) is 6.16. The van der Waals surface area contributed by atoms with Crippen molar-refractivity contribution in [2.45, 2.75) is 25.7 Å². The van der Waals surface area contributed by atoms with Crippen LogP contribution in [0.1, 0.15) is 30.1 Å². The Balaban J connectivity index is 2.20. The third-order valence-electron chi connectivity index (χ3n) is 3.35. The number of benzene rings is 1. The van der Waals surface area contributed by atoms with Crippen LogP contribution in [-0.2, 0) is 0 Å². The Morgan fingerprint density at radius 1 is 1.21 bits per heavy atom. The van der Waals surface area contributed by atoms with Crippen LogP contribution >= 0.6 is 0 Å². The molecule has 0 radical (unpaired) electrons. The van der Waals surface area contributed by atoms with Gasteiger partial charge in [-0.3, -0.25) is 0 Å². The van der Waals surface area contributed by atoms with E-state index in [4.69, 9.17) is 5.73 Å². The second kappa shape index (κ2) is 4.26. The maximum atomic E-state index is 13.9. The van der Waals surface area contributed by atoms with Crippen molar-refractivity contribution < 1.29 is 8.78 Å². The standard InChI is InChI=1S/C14H13F2N3/c1-7-12(9-3-2-4-10(15)11(9)16)18-14(8-5-6-8)19-13(7)17/h2-4,8H,5-6H2,1H3,(H2,17,18,19). The minimum absolute atomic E-state index is 0.133. The number of nitrogens with two attached hydrogens (primary N) is 1. The van der Waals surface area contributed by atoms with Gasteiger partial charge in [0, 0.05) is 17.0 Å². The molecular formula is C14H13F2N3. The molecule has 0 aliphatic heterocycles. The molecule has 0 amide bonds. The van der Waals surface area contributed by atoms with Crippen LogP contribution in [0.4, 0.5) is 14.6 Å². The third-order valence-corrected chi connectivity index (χ3v) is 3.35. The zero-order valence-electron chi connectivity index (χ0n) is 10.5. The van der Waals surface area contributed by atoms with Crippen molar-refractivity contribution in [3.05, 3.63) is 41.2 Å². The molecule has 0 atom stereocenters. The fourth-order valence-electron chi connectivity index (χ4n) is 2.02. The molecule has 1 aromatic carbocycles. The maximum Gasteiger partial charge on any atom is 0.168 e. The Morgan fingerprint density at radius 2 is 1.95 bits per heavy atom. The number of halogens is 2. The summed E-state index contributed by atoms with van der Waals surface area (Å²) in [7, 11) is 0. The van der Waals surface area contributed by atoms with Gasteiger partial charge in [-0.1, -0.05) is 6.07 Å². The van der Waals surface area contributed by atoms with Gasteiger partial charge in [-0.15, -0.1) is 0 Å². The second-order valence-electron chi connectivity index (χ2n) is 4.82. The van der Waals surface area contributed by atoms with Crippen LogP contribution in [-0.4, -0.2) is 9.97 Å². The van der Waals surface area contributed by atoms with E-state index in [2.05, 4.69) is 9.97 Å². The van der Waals surface area contributed by atoms with E-state index in [9.17, 15) is 8.78 Å². The van der Waals surface area contributed by atoms with Gasteiger partial charge in [-0.2, -0.15) is 0 Å². The highest BCUT2D eigenvalue weighted by Gasteiger charge is 2.28. The third kappa shape index (κ3) is 2.05. The summed E-state index contributed by atoms with van der Waals surface area (Å²) < 4.78 is 27.2. The lowest BCUT2D eigenvalue weighted by Crippen LogP contribution is -2.05. The predicted octanol–water partition coefficient (Wildman–Crippen LogP) is 3.19. The monoisotopic (exact) mass is 261 g/mol. The Morgan fingerprint density at radius 3 is 2.63 bits per heavy atom. The highest BCUT2D eigenvalue weighted by atomic mass is 19.2. The van der Waals surface area contributed by atoms with Crippen LogP contribution in [0.2, 0.25) is 0 Å². The van der Waals surface area contributed by atoms with Crippen LogP contribution in [0.15, 0.2) is 18.2 Å². The molecule has 98 valence electrons. The van der Waals surface area contributed by atoms with Crippen molar-refractivity contribution in [1.82, 2.24) is 9.97 Å². The van der Waals surface area contributed by atoms with Crippen LogP contribution in [0, 0.1) is 18.6 Å². The molecule has 0 spiro atoms. The molecule has 0 unspecified atom stereocenters. The normalized spacial score (nSPS) is 14.7. The highest BCUT2D eigenvalue weighted by molar-refractivity contribution is 5.68. The summed E-state index contributed by atoms with van der Waals surface area (Å²) in [6.45, 7) is 1.71. The quantitative estimate of drug-likeness (QED) is 0.903. The van der Waals surface area contributed by atoms with E-state index in [1.165, 1.54) is 12.1 Å². The van der Waals surface area contributed by atoms with Crippen molar-refractivity contribution in [1.29, 1.82) is 0 Å². The molecule has 2 N–H and O–H groups in total. The number of anilines is 1. The van der Waals surface area contributed by atoms with Crippen LogP contribution in [0.5, 0.6) is 0 Å². The van der Waals surface area contributed by atoms with Crippen molar-refractivity contribution >= 4 is 5.82 Å². The zero-order valence-corrected chi connectivity index (χ0v) is 10.5. The molecule has 1 fully saturated rings. The zero-order chi connectivity index (χ0) is 13.6. The number of aromatic nitrogens is 2. The molecule has 1 aliphatic rings. The van der Waals surface area contributed by atoms with Crippen LogP contribution in [0.25, 0.3) is 11.3 Å². The first-order valence-corrected chi connectivity index (χ1v) is 6.16. The van der Waals surface area contributed by atoms with E-state index in [0.717, 1.165) is 18.9 Å². The first kappa shape index (κ1) is 12.0. The van der Waals surface area contributed by atoms with Gasteiger partial charge < -0.3 is 5.73 Å². The van der Waals surface area contributed by atoms with Gasteiger partial charge in [0.25, 0.3) is 0 Å². The summed E-state index contributed by atoms with van der Waals surface area (Å²) >= 11 is 0. The molecule has 1 aromatic heterocycles. The maximum absolute atomic E-state index is 13.9. The van der Waals surface area contributed by atoms with E-state index in [0.29, 0.717) is 28.8 Å². The topological polar surface area (TPSA) is 51.8 Å². The number of nitrogen functional groups attached to an aromatic ring is 1. The van der Waals surface area contributed by atoms with Crippen molar-refractivity contribution in [3.63, 3.8) is 0 Å². The average Bonchev–Trinajstić information content (AvgIpc) is 3.20. The van der Waals surface area contributed by atoms with Gasteiger partial charge in [-0.25, -0.2) is 18.7 Å². The lowest BCUT2D eigenvalue weighted by atomic mass is 10.1. The molecular weight excluding hydrogens is 248 g/mol. The molecule has 2 aromatic rings. The Kier molecular flexibility index (Phi) is 2.69. The molecule has 19 heavy (non-hydrogen) atoms. The predicted molar refractivity (Wildman–Crippen MR) is 68.5 cm³/mol. The molecule has 1 heterocycles. The number of hydrogen-bond donors (Lipinski definition) is 1. The molecule has 3 nitrogen and oxygen atoms in total. The van der Waals surface area contributed by atoms with Crippen molar-refractivity contribution in [2.24, 2.45) is 0 Å². The Hall–Kier alpha value is -2.04. The number of hydrogen-bond acceptors (Lipinski definition) is 3. The minimum Gasteiger partial charge on any atom is -0.383 e. The SMILES string of the molecule is Cc1c(N)nc(C2CC2)nc1-c1cccc(F)c1F. The number of rotatable bonds is 2. The fraction of sp³-hybridized carbons (Fsp3) is 0.286. The van der Waals surface area contributed by atoms with Gasteiger partial charge in [0.05, 0.1) is 5.69 Å². The lowest BCUT2D eigenvalue weighted by Gasteiger charge is -2.10. The Labute approximate surface area is 109 Å².